The van der Waals surface area contributed by atoms with Gasteiger partial charge >= 0.3 is 0 Å². The van der Waals surface area contributed by atoms with Crippen LogP contribution in [0.25, 0.3) is 22.2 Å². The van der Waals surface area contributed by atoms with Crippen LogP contribution in [-0.4, -0.2) is 44.6 Å². The van der Waals surface area contributed by atoms with E-state index in [0.717, 1.165) is 35.3 Å². The Morgan fingerprint density at radius 1 is 1.23 bits per heavy atom. The van der Waals surface area contributed by atoms with Gasteiger partial charge in [-0.2, -0.15) is 5.10 Å². The second-order valence-electron chi connectivity index (χ2n) is 7.20. The summed E-state index contributed by atoms with van der Waals surface area (Å²) in [5.41, 5.74) is 3.29. The Morgan fingerprint density at radius 3 is 2.87 bits per heavy atom. The second kappa shape index (κ2) is 8.86. The predicted molar refractivity (Wildman–Crippen MR) is 116 cm³/mol. The maximum atomic E-state index is 14.3. The highest BCUT2D eigenvalue weighted by atomic mass is 19.1. The molecule has 4 rings (SSSR count). The van der Waals surface area contributed by atoms with E-state index in [1.54, 1.807) is 18.5 Å². The quantitative estimate of drug-likeness (QED) is 0.423. The van der Waals surface area contributed by atoms with Crippen LogP contribution in [0.3, 0.4) is 0 Å². The van der Waals surface area contributed by atoms with Crippen molar-refractivity contribution >= 4 is 22.6 Å². The normalized spacial score (nSPS) is 12.0. The first-order valence-electron chi connectivity index (χ1n) is 9.92. The van der Waals surface area contributed by atoms with Crippen molar-refractivity contribution in [3.05, 3.63) is 66.1 Å². The van der Waals surface area contributed by atoms with E-state index >= 15 is 0 Å². The highest BCUT2D eigenvalue weighted by Crippen LogP contribution is 2.29. The largest absolute Gasteiger partial charge is 0.370 e. The average Bonchev–Trinajstić information content (AvgIpc) is 3.33. The molecule has 1 atom stereocenters. The van der Waals surface area contributed by atoms with Gasteiger partial charge in [0.25, 0.3) is 5.91 Å². The number of hydrogen-bond donors (Lipinski definition) is 3. The number of carbonyl (C=O) groups excluding carboxylic acids is 1. The lowest BCUT2D eigenvalue weighted by molar-refractivity contribution is 0.0961. The van der Waals surface area contributed by atoms with E-state index in [1.807, 2.05) is 18.2 Å². The lowest BCUT2D eigenvalue weighted by Crippen LogP contribution is -2.20. The van der Waals surface area contributed by atoms with Crippen molar-refractivity contribution in [3.8, 4) is 11.3 Å². The number of fused-ring (bicyclic) bond motifs is 1. The van der Waals surface area contributed by atoms with Crippen LogP contribution < -0.4 is 10.6 Å². The van der Waals surface area contributed by atoms with Gasteiger partial charge in [-0.05, 0) is 17.9 Å². The van der Waals surface area contributed by atoms with Crippen molar-refractivity contribution in [2.75, 3.05) is 18.9 Å². The number of para-hydroxylation sites is 1. The molecule has 0 saturated heterocycles. The fourth-order valence-corrected chi connectivity index (χ4v) is 3.55. The molecule has 31 heavy (non-hydrogen) atoms. The SMILES string of the molecule is CNC(=O)c1c(F)cnc2c(C(C)CCNc3cc(-c4cn[nH]c4)ncn3)cccc12. The first-order valence-corrected chi connectivity index (χ1v) is 9.92. The molecule has 0 fully saturated rings. The number of amides is 1. The molecule has 0 bridgehead atoms. The summed E-state index contributed by atoms with van der Waals surface area (Å²) in [5, 5.41) is 13.0. The van der Waals surface area contributed by atoms with Crippen LogP contribution in [0.1, 0.15) is 35.2 Å². The zero-order valence-electron chi connectivity index (χ0n) is 17.2. The number of nitrogens with one attached hydrogen (secondary N) is 3. The maximum Gasteiger partial charge on any atom is 0.254 e. The van der Waals surface area contributed by atoms with Crippen molar-refractivity contribution in [1.29, 1.82) is 0 Å². The molecule has 0 radical (unpaired) electrons. The number of carbonyl (C=O) groups is 1. The molecule has 3 heterocycles. The fraction of sp³-hybridized carbons (Fsp3) is 0.227. The van der Waals surface area contributed by atoms with Gasteiger partial charge in [-0.3, -0.25) is 14.9 Å². The maximum absolute atomic E-state index is 14.3. The summed E-state index contributed by atoms with van der Waals surface area (Å²) in [4.78, 5) is 25.0. The molecular formula is C22H22FN7O. The van der Waals surface area contributed by atoms with E-state index in [-0.39, 0.29) is 11.5 Å². The molecule has 1 unspecified atom stereocenters. The topological polar surface area (TPSA) is 108 Å². The molecule has 0 aliphatic heterocycles. The predicted octanol–water partition coefficient (Wildman–Crippen LogP) is 3.52. The van der Waals surface area contributed by atoms with E-state index in [2.05, 4.69) is 42.7 Å². The monoisotopic (exact) mass is 419 g/mol. The standard InChI is InChI=1S/C22H22FN7O/c1-13(6-7-25-19-8-18(27-12-28-19)14-9-29-30-10-14)15-4-3-5-16-20(22(31)24-2)17(23)11-26-21(15)16/h3-5,8-13H,6-7H2,1-2H3,(H,24,31)(H,29,30)(H,25,27,28). The Bertz CT molecular complexity index is 1210. The molecule has 0 spiro atoms. The summed E-state index contributed by atoms with van der Waals surface area (Å²) in [6.07, 6.45) is 6.89. The first kappa shape index (κ1) is 20.4. The van der Waals surface area contributed by atoms with Gasteiger partial charge in [0.1, 0.15) is 12.1 Å². The number of pyridine rings is 1. The summed E-state index contributed by atoms with van der Waals surface area (Å²) in [6, 6.07) is 7.39. The number of benzene rings is 1. The number of nitrogens with zero attached hydrogens (tertiary/aromatic N) is 4. The van der Waals surface area contributed by atoms with Gasteiger partial charge in [0.2, 0.25) is 0 Å². The number of anilines is 1. The summed E-state index contributed by atoms with van der Waals surface area (Å²) < 4.78 is 14.3. The van der Waals surface area contributed by atoms with Crippen LogP contribution >= 0.6 is 0 Å². The third-order valence-corrected chi connectivity index (χ3v) is 5.21. The number of rotatable bonds is 7. The van der Waals surface area contributed by atoms with Gasteiger partial charge in [-0.25, -0.2) is 14.4 Å². The van der Waals surface area contributed by atoms with Gasteiger partial charge in [0, 0.05) is 36.8 Å². The third-order valence-electron chi connectivity index (χ3n) is 5.21. The smallest absolute Gasteiger partial charge is 0.254 e. The van der Waals surface area contributed by atoms with Gasteiger partial charge in [-0.15, -0.1) is 0 Å². The van der Waals surface area contributed by atoms with E-state index in [4.69, 9.17) is 0 Å². The van der Waals surface area contributed by atoms with Gasteiger partial charge in [0.15, 0.2) is 5.82 Å². The van der Waals surface area contributed by atoms with Crippen LogP contribution in [0.15, 0.2) is 49.2 Å². The molecule has 4 aromatic rings. The minimum atomic E-state index is -0.629. The Morgan fingerprint density at radius 2 is 2.10 bits per heavy atom. The Balaban J connectivity index is 1.50. The summed E-state index contributed by atoms with van der Waals surface area (Å²) >= 11 is 0. The zero-order valence-corrected chi connectivity index (χ0v) is 17.2. The Kier molecular flexibility index (Phi) is 5.83. The first-order chi connectivity index (χ1) is 15.1. The molecule has 0 aliphatic rings. The van der Waals surface area contributed by atoms with Crippen LogP contribution in [0.2, 0.25) is 0 Å². The number of H-pyrrole nitrogens is 1. The minimum absolute atomic E-state index is 0.0208. The molecule has 0 saturated carbocycles. The van der Waals surface area contributed by atoms with Gasteiger partial charge in [-0.1, -0.05) is 25.1 Å². The zero-order chi connectivity index (χ0) is 21.8. The summed E-state index contributed by atoms with van der Waals surface area (Å²) in [7, 11) is 1.48. The molecular weight excluding hydrogens is 397 g/mol. The number of halogens is 1. The van der Waals surface area contributed by atoms with Gasteiger partial charge < -0.3 is 10.6 Å². The number of hydrogen-bond acceptors (Lipinski definition) is 6. The lowest BCUT2D eigenvalue weighted by atomic mass is 9.93. The Labute approximate surface area is 178 Å². The summed E-state index contributed by atoms with van der Waals surface area (Å²) in [5.74, 6) is -0.246. The van der Waals surface area contributed by atoms with Crippen LogP contribution in [0, 0.1) is 5.82 Å². The van der Waals surface area contributed by atoms with E-state index in [9.17, 15) is 9.18 Å². The number of aromatic nitrogens is 5. The van der Waals surface area contributed by atoms with Crippen molar-refractivity contribution in [2.45, 2.75) is 19.3 Å². The average molecular weight is 419 g/mol. The molecule has 1 amide bonds. The van der Waals surface area contributed by atoms with Crippen molar-refractivity contribution in [1.82, 2.24) is 30.5 Å². The van der Waals surface area contributed by atoms with E-state index in [0.29, 0.717) is 17.4 Å². The molecule has 8 nitrogen and oxygen atoms in total. The van der Waals surface area contributed by atoms with Crippen LogP contribution in [-0.2, 0) is 0 Å². The van der Waals surface area contributed by atoms with Crippen molar-refractivity contribution in [3.63, 3.8) is 0 Å². The molecule has 158 valence electrons. The molecule has 1 aromatic carbocycles. The minimum Gasteiger partial charge on any atom is -0.370 e. The molecule has 3 aromatic heterocycles. The van der Waals surface area contributed by atoms with E-state index in [1.165, 1.54) is 13.4 Å². The van der Waals surface area contributed by atoms with Crippen LogP contribution in [0.5, 0.6) is 0 Å². The van der Waals surface area contributed by atoms with Crippen molar-refractivity contribution in [2.24, 2.45) is 0 Å². The second-order valence-corrected chi connectivity index (χ2v) is 7.20. The lowest BCUT2D eigenvalue weighted by Gasteiger charge is -2.16. The molecule has 0 aliphatic carbocycles. The highest BCUT2D eigenvalue weighted by molar-refractivity contribution is 6.06. The van der Waals surface area contributed by atoms with E-state index < -0.39 is 11.7 Å². The molecule has 3 N–H and O–H groups in total. The van der Waals surface area contributed by atoms with Crippen molar-refractivity contribution < 1.29 is 9.18 Å². The van der Waals surface area contributed by atoms with Crippen LogP contribution in [0.4, 0.5) is 10.2 Å². The fourth-order valence-electron chi connectivity index (χ4n) is 3.55. The third kappa shape index (κ3) is 4.20. The Hall–Kier alpha value is -3.88. The summed E-state index contributed by atoms with van der Waals surface area (Å²) in [6.45, 7) is 2.75. The molecule has 9 heteroatoms. The highest BCUT2D eigenvalue weighted by Gasteiger charge is 2.19. The number of aromatic amines is 1. The van der Waals surface area contributed by atoms with Gasteiger partial charge in [0.05, 0.1) is 29.2 Å².